The largest absolute Gasteiger partial charge is 0.497 e. The van der Waals surface area contributed by atoms with Gasteiger partial charge in [-0.05, 0) is 24.6 Å². The summed E-state index contributed by atoms with van der Waals surface area (Å²) in [4.78, 5) is 27.0. The lowest BCUT2D eigenvalue weighted by atomic mass is 10.1. The Bertz CT molecular complexity index is 643. The summed E-state index contributed by atoms with van der Waals surface area (Å²) in [6, 6.07) is 5.19. The number of aromatic nitrogens is 1. The molecule has 1 aromatic heterocycles. The van der Waals surface area contributed by atoms with Crippen molar-refractivity contribution in [3.63, 3.8) is 0 Å². The number of fused-ring (bicyclic) bond motifs is 1. The van der Waals surface area contributed by atoms with Crippen molar-refractivity contribution in [2.45, 2.75) is 19.8 Å². The molecule has 1 aromatic carbocycles. The molecule has 2 aromatic rings. The van der Waals surface area contributed by atoms with E-state index in [0.29, 0.717) is 23.1 Å². The maximum absolute atomic E-state index is 12.2. The third kappa shape index (κ3) is 2.14. The van der Waals surface area contributed by atoms with Crippen LogP contribution in [0.4, 0.5) is 0 Å². The van der Waals surface area contributed by atoms with E-state index in [1.165, 1.54) is 6.20 Å². The highest BCUT2D eigenvalue weighted by molar-refractivity contribution is 5.98. The van der Waals surface area contributed by atoms with Gasteiger partial charge < -0.3 is 9.72 Å². The monoisotopic (exact) mass is 245 g/mol. The molecular formula is C14H15NO3. The fourth-order valence-corrected chi connectivity index (χ4v) is 1.89. The molecule has 94 valence electrons. The number of hydrogen-bond donors (Lipinski definition) is 1. The van der Waals surface area contributed by atoms with Crippen molar-refractivity contribution in [2.75, 3.05) is 7.11 Å². The Labute approximate surface area is 105 Å². The molecule has 0 atom stereocenters. The van der Waals surface area contributed by atoms with Gasteiger partial charge in [0.2, 0.25) is 0 Å². The standard InChI is InChI=1S/C14H15NO3/c1-3-4-13(16)11-8-15-12-6-5-9(18-2)7-10(12)14(11)17/h5-8H,3-4H2,1-2H3,(H,15,17). The first-order valence-corrected chi connectivity index (χ1v) is 5.90. The van der Waals surface area contributed by atoms with Crippen LogP contribution in [0.5, 0.6) is 5.75 Å². The summed E-state index contributed by atoms with van der Waals surface area (Å²) < 4.78 is 5.09. The molecule has 0 amide bonds. The minimum Gasteiger partial charge on any atom is -0.497 e. The van der Waals surface area contributed by atoms with E-state index in [0.717, 1.165) is 6.42 Å². The summed E-state index contributed by atoms with van der Waals surface area (Å²) in [6.07, 6.45) is 2.61. The molecule has 0 spiro atoms. The predicted octanol–water partition coefficient (Wildman–Crippen LogP) is 2.52. The molecule has 0 saturated heterocycles. The molecule has 0 fully saturated rings. The zero-order chi connectivity index (χ0) is 13.1. The van der Waals surface area contributed by atoms with Crippen LogP contribution in [-0.4, -0.2) is 17.9 Å². The summed E-state index contributed by atoms with van der Waals surface area (Å²) in [5.74, 6) is 0.483. The van der Waals surface area contributed by atoms with Crippen LogP contribution in [-0.2, 0) is 0 Å². The number of carbonyl (C=O) groups excluding carboxylic acids is 1. The Balaban J connectivity index is 2.62. The van der Waals surface area contributed by atoms with Gasteiger partial charge in [-0.3, -0.25) is 9.59 Å². The van der Waals surface area contributed by atoms with Crippen LogP contribution in [0.3, 0.4) is 0 Å². The van der Waals surface area contributed by atoms with Crippen LogP contribution in [0.15, 0.2) is 29.2 Å². The van der Waals surface area contributed by atoms with E-state index in [-0.39, 0.29) is 16.8 Å². The molecular weight excluding hydrogens is 230 g/mol. The average molecular weight is 245 g/mol. The van der Waals surface area contributed by atoms with E-state index >= 15 is 0 Å². The Morgan fingerprint density at radius 1 is 1.39 bits per heavy atom. The van der Waals surface area contributed by atoms with Gasteiger partial charge in [-0.15, -0.1) is 0 Å². The first kappa shape index (κ1) is 12.4. The number of methoxy groups -OCH3 is 1. The third-order valence-electron chi connectivity index (χ3n) is 2.87. The third-order valence-corrected chi connectivity index (χ3v) is 2.87. The van der Waals surface area contributed by atoms with Gasteiger partial charge in [0.1, 0.15) is 5.75 Å². The molecule has 0 aliphatic carbocycles. The second kappa shape index (κ2) is 5.04. The van der Waals surface area contributed by atoms with E-state index in [2.05, 4.69) is 4.98 Å². The molecule has 0 saturated carbocycles. The Morgan fingerprint density at radius 2 is 2.17 bits per heavy atom. The van der Waals surface area contributed by atoms with Crippen LogP contribution in [0, 0.1) is 0 Å². The van der Waals surface area contributed by atoms with Gasteiger partial charge >= 0.3 is 0 Å². The number of hydrogen-bond acceptors (Lipinski definition) is 3. The van der Waals surface area contributed by atoms with Crippen LogP contribution in [0.1, 0.15) is 30.1 Å². The minimum absolute atomic E-state index is 0.122. The summed E-state index contributed by atoms with van der Waals surface area (Å²) in [5.41, 5.74) is 0.688. The molecule has 1 heterocycles. The van der Waals surface area contributed by atoms with E-state index in [4.69, 9.17) is 4.74 Å². The lowest BCUT2D eigenvalue weighted by Crippen LogP contribution is -2.15. The van der Waals surface area contributed by atoms with Crippen LogP contribution >= 0.6 is 0 Å². The lowest BCUT2D eigenvalue weighted by Gasteiger charge is -2.04. The number of nitrogens with one attached hydrogen (secondary N) is 1. The molecule has 0 bridgehead atoms. The molecule has 2 rings (SSSR count). The minimum atomic E-state index is -0.235. The van der Waals surface area contributed by atoms with Crippen molar-refractivity contribution in [1.29, 1.82) is 0 Å². The van der Waals surface area contributed by atoms with Gasteiger partial charge in [0, 0.05) is 23.5 Å². The number of H-pyrrole nitrogens is 1. The molecule has 0 aliphatic rings. The summed E-state index contributed by atoms with van der Waals surface area (Å²) in [6.45, 7) is 1.91. The van der Waals surface area contributed by atoms with E-state index in [1.807, 2.05) is 6.92 Å². The fraction of sp³-hybridized carbons (Fsp3) is 0.286. The van der Waals surface area contributed by atoms with Crippen molar-refractivity contribution < 1.29 is 9.53 Å². The number of benzene rings is 1. The molecule has 0 unspecified atom stereocenters. The Morgan fingerprint density at radius 3 is 2.83 bits per heavy atom. The van der Waals surface area contributed by atoms with Crippen molar-refractivity contribution in [2.24, 2.45) is 0 Å². The number of ether oxygens (including phenoxy) is 1. The smallest absolute Gasteiger partial charge is 0.200 e. The summed E-state index contributed by atoms with van der Waals surface area (Å²) in [5, 5.41) is 0.483. The van der Waals surface area contributed by atoms with Gasteiger partial charge in [-0.25, -0.2) is 0 Å². The van der Waals surface area contributed by atoms with Crippen LogP contribution in [0.2, 0.25) is 0 Å². The van der Waals surface area contributed by atoms with E-state index in [9.17, 15) is 9.59 Å². The second-order valence-electron chi connectivity index (χ2n) is 4.12. The fourth-order valence-electron chi connectivity index (χ4n) is 1.89. The Kier molecular flexibility index (Phi) is 3.46. The quantitative estimate of drug-likeness (QED) is 0.842. The number of rotatable bonds is 4. The molecule has 0 radical (unpaired) electrons. The van der Waals surface area contributed by atoms with E-state index < -0.39 is 0 Å². The molecule has 18 heavy (non-hydrogen) atoms. The normalized spacial score (nSPS) is 10.6. The molecule has 4 heteroatoms. The van der Waals surface area contributed by atoms with Crippen molar-refractivity contribution in [1.82, 2.24) is 4.98 Å². The molecule has 1 N–H and O–H groups in total. The van der Waals surface area contributed by atoms with Crippen molar-refractivity contribution >= 4 is 16.7 Å². The number of aromatic amines is 1. The number of carbonyl (C=O) groups is 1. The topological polar surface area (TPSA) is 59.2 Å². The maximum atomic E-state index is 12.2. The van der Waals surface area contributed by atoms with E-state index in [1.54, 1.807) is 25.3 Å². The first-order chi connectivity index (χ1) is 8.67. The van der Waals surface area contributed by atoms with Gasteiger partial charge in [0.05, 0.1) is 12.7 Å². The Hall–Kier alpha value is -2.10. The highest BCUT2D eigenvalue weighted by atomic mass is 16.5. The molecule has 4 nitrogen and oxygen atoms in total. The highest BCUT2D eigenvalue weighted by Gasteiger charge is 2.12. The zero-order valence-electron chi connectivity index (χ0n) is 10.4. The van der Waals surface area contributed by atoms with Gasteiger partial charge in [0.15, 0.2) is 11.2 Å². The maximum Gasteiger partial charge on any atom is 0.200 e. The summed E-state index contributed by atoms with van der Waals surface area (Å²) in [7, 11) is 1.54. The summed E-state index contributed by atoms with van der Waals surface area (Å²) >= 11 is 0. The number of ketones is 1. The second-order valence-corrected chi connectivity index (χ2v) is 4.12. The predicted molar refractivity (Wildman–Crippen MR) is 70.4 cm³/mol. The van der Waals surface area contributed by atoms with Gasteiger partial charge in [-0.1, -0.05) is 6.92 Å². The van der Waals surface area contributed by atoms with Crippen molar-refractivity contribution in [3.8, 4) is 5.75 Å². The number of pyridine rings is 1. The lowest BCUT2D eigenvalue weighted by molar-refractivity contribution is 0.0980. The average Bonchev–Trinajstić information content (AvgIpc) is 2.39. The van der Waals surface area contributed by atoms with Gasteiger partial charge in [0.25, 0.3) is 0 Å². The SMILES string of the molecule is CCCC(=O)c1c[nH]c2ccc(OC)cc2c1=O. The van der Waals surface area contributed by atoms with Gasteiger partial charge in [-0.2, -0.15) is 0 Å². The zero-order valence-corrected chi connectivity index (χ0v) is 10.4. The first-order valence-electron chi connectivity index (χ1n) is 5.90. The van der Waals surface area contributed by atoms with Crippen molar-refractivity contribution in [3.05, 3.63) is 40.2 Å². The van der Waals surface area contributed by atoms with Crippen LogP contribution < -0.4 is 10.2 Å². The number of Topliss-reactive ketones (excluding diaryl/α,β-unsaturated/α-hetero) is 1. The van der Waals surface area contributed by atoms with Crippen LogP contribution in [0.25, 0.3) is 10.9 Å². The highest BCUT2D eigenvalue weighted by Crippen LogP contribution is 2.17. The molecule has 0 aliphatic heterocycles.